The molecule has 1 saturated heterocycles. The van der Waals surface area contributed by atoms with Crippen LogP contribution in [0.1, 0.15) is 54.4 Å². The lowest BCUT2D eigenvalue weighted by Gasteiger charge is -2.59. The lowest BCUT2D eigenvalue weighted by molar-refractivity contribution is 0.0582. The molecule has 2 aromatic carbocycles. The van der Waals surface area contributed by atoms with Crippen molar-refractivity contribution < 1.29 is 8.78 Å². The van der Waals surface area contributed by atoms with Crippen molar-refractivity contribution in [2.45, 2.75) is 57.3 Å². The summed E-state index contributed by atoms with van der Waals surface area (Å²) in [4.78, 5) is 4.30. The Labute approximate surface area is 208 Å². The van der Waals surface area contributed by atoms with Crippen LogP contribution in [0.3, 0.4) is 0 Å². The fourth-order valence-electron chi connectivity index (χ4n) is 6.40. The molecule has 0 N–H and O–H groups in total. The van der Waals surface area contributed by atoms with Crippen LogP contribution in [0.25, 0.3) is 5.69 Å². The van der Waals surface area contributed by atoms with E-state index in [0.29, 0.717) is 54.7 Å². The lowest BCUT2D eigenvalue weighted by atomic mass is 9.57. The minimum atomic E-state index is -1.07. The molecule has 0 atom stereocenters. The van der Waals surface area contributed by atoms with Gasteiger partial charge in [-0.2, -0.15) is 0 Å². The third-order valence-corrected chi connectivity index (χ3v) is 8.62. The molecule has 8 heteroatoms. The van der Waals surface area contributed by atoms with Gasteiger partial charge in [-0.3, -0.25) is 9.47 Å². The molecule has 3 fully saturated rings. The van der Waals surface area contributed by atoms with E-state index >= 15 is 0 Å². The molecule has 182 valence electrons. The molecule has 4 aliphatic rings. The number of aryl methyl sites for hydroxylation is 1. The number of aromatic nitrogens is 3. The van der Waals surface area contributed by atoms with Crippen molar-refractivity contribution in [1.29, 1.82) is 0 Å². The van der Waals surface area contributed by atoms with Gasteiger partial charge in [0.25, 0.3) is 0 Å². The van der Waals surface area contributed by atoms with Crippen molar-refractivity contribution in [3.05, 3.63) is 70.0 Å². The summed E-state index contributed by atoms with van der Waals surface area (Å²) in [5.74, 6) is 2.05. The number of hydrogen-bond donors (Lipinski definition) is 0. The number of halogens is 3. The Bertz CT molecular complexity index is 1320. The van der Waals surface area contributed by atoms with Gasteiger partial charge in [-0.25, -0.2) is 8.78 Å². The quantitative estimate of drug-likeness (QED) is 0.474. The van der Waals surface area contributed by atoms with Crippen LogP contribution in [0.5, 0.6) is 0 Å². The standard InChI is InChI=1S/C27H28ClF2N5/c1-17-3-2-4-22(24(17)29)34-14-26(15-34)10-19(11-26)25-32-31-23-13-33(16-27(30)7-8-27)12-18-9-20(28)5-6-21(18)35(23)25/h2-6,9,19H,7-8,10-16H2,1H3. The molecule has 2 aliphatic carbocycles. The minimum absolute atomic E-state index is 0.109. The Morgan fingerprint density at radius 2 is 1.86 bits per heavy atom. The maximum Gasteiger partial charge on any atom is 0.151 e. The van der Waals surface area contributed by atoms with Crippen molar-refractivity contribution >= 4 is 17.3 Å². The second-order valence-electron chi connectivity index (χ2n) is 11.2. The fourth-order valence-corrected chi connectivity index (χ4v) is 6.59. The van der Waals surface area contributed by atoms with Crippen molar-refractivity contribution in [2.75, 3.05) is 24.5 Å². The van der Waals surface area contributed by atoms with Crippen LogP contribution in [0.15, 0.2) is 36.4 Å². The Morgan fingerprint density at radius 3 is 2.63 bits per heavy atom. The van der Waals surface area contributed by atoms with Gasteiger partial charge in [0.1, 0.15) is 17.3 Å². The number of rotatable bonds is 4. The van der Waals surface area contributed by atoms with E-state index in [1.54, 1.807) is 0 Å². The first-order valence-corrected chi connectivity index (χ1v) is 12.8. The van der Waals surface area contributed by atoms with Gasteiger partial charge in [0.05, 0.1) is 17.9 Å². The molecular weight excluding hydrogens is 468 g/mol. The van der Waals surface area contributed by atoms with E-state index in [1.807, 2.05) is 43.3 Å². The van der Waals surface area contributed by atoms with E-state index in [0.717, 1.165) is 48.8 Å². The smallest absolute Gasteiger partial charge is 0.151 e. The zero-order chi connectivity index (χ0) is 23.9. The number of fused-ring (bicyclic) bond motifs is 3. The van der Waals surface area contributed by atoms with Crippen LogP contribution >= 0.6 is 11.6 Å². The van der Waals surface area contributed by atoms with E-state index in [9.17, 15) is 8.78 Å². The van der Waals surface area contributed by atoms with Crippen LogP contribution in [0.4, 0.5) is 14.5 Å². The number of alkyl halides is 1. The van der Waals surface area contributed by atoms with Crippen molar-refractivity contribution in [3.8, 4) is 5.69 Å². The Morgan fingerprint density at radius 1 is 1.06 bits per heavy atom. The molecule has 2 aliphatic heterocycles. The highest BCUT2D eigenvalue weighted by molar-refractivity contribution is 6.30. The summed E-state index contributed by atoms with van der Waals surface area (Å²) in [6, 6.07) is 11.6. The van der Waals surface area contributed by atoms with E-state index in [1.165, 1.54) is 0 Å². The third kappa shape index (κ3) is 3.58. The van der Waals surface area contributed by atoms with Gasteiger partial charge >= 0.3 is 0 Å². The summed E-state index contributed by atoms with van der Waals surface area (Å²) in [6.45, 7) is 5.21. The molecule has 3 aromatic rings. The number of anilines is 1. The molecule has 2 saturated carbocycles. The molecule has 5 nitrogen and oxygen atoms in total. The molecule has 3 heterocycles. The molecule has 0 amide bonds. The molecule has 0 unspecified atom stereocenters. The van der Waals surface area contributed by atoms with Crippen LogP contribution < -0.4 is 4.90 Å². The summed E-state index contributed by atoms with van der Waals surface area (Å²) in [5.41, 5.74) is 2.69. The van der Waals surface area contributed by atoms with E-state index < -0.39 is 5.67 Å². The number of benzene rings is 2. The topological polar surface area (TPSA) is 37.2 Å². The van der Waals surface area contributed by atoms with E-state index in [2.05, 4.69) is 24.6 Å². The fraction of sp³-hybridized carbons (Fsp3) is 0.481. The Kier molecular flexibility index (Phi) is 4.66. The molecule has 0 radical (unpaired) electrons. The first-order chi connectivity index (χ1) is 16.8. The SMILES string of the molecule is Cc1cccc(N2CC3(CC(c4nnc5n4-c4ccc(Cl)cc4CN(CC4(F)CC4)C5)C3)C2)c1F. The highest BCUT2D eigenvalue weighted by Crippen LogP contribution is 2.57. The normalized spacial score (nSPS) is 22.2. The lowest BCUT2D eigenvalue weighted by Crippen LogP contribution is -2.62. The maximum atomic E-state index is 14.6. The van der Waals surface area contributed by atoms with Gasteiger partial charge in [-0.1, -0.05) is 23.7 Å². The molecule has 7 rings (SSSR count). The summed E-state index contributed by atoms with van der Waals surface area (Å²) >= 11 is 6.35. The van der Waals surface area contributed by atoms with Crippen LogP contribution in [0, 0.1) is 18.2 Å². The third-order valence-electron chi connectivity index (χ3n) is 8.38. The highest BCUT2D eigenvalue weighted by Gasteiger charge is 2.54. The zero-order valence-electron chi connectivity index (χ0n) is 19.8. The summed E-state index contributed by atoms with van der Waals surface area (Å²) in [7, 11) is 0. The first-order valence-electron chi connectivity index (χ1n) is 12.5. The summed E-state index contributed by atoms with van der Waals surface area (Å²) in [6.07, 6.45) is 3.32. The Hall–Kier alpha value is -2.51. The predicted molar refractivity (Wildman–Crippen MR) is 131 cm³/mol. The average molecular weight is 496 g/mol. The van der Waals surface area contributed by atoms with Crippen LogP contribution in [-0.2, 0) is 13.1 Å². The van der Waals surface area contributed by atoms with Crippen LogP contribution in [-0.4, -0.2) is 45.0 Å². The molecule has 1 aromatic heterocycles. The van der Waals surface area contributed by atoms with E-state index in [4.69, 9.17) is 11.6 Å². The monoisotopic (exact) mass is 495 g/mol. The predicted octanol–water partition coefficient (Wildman–Crippen LogP) is 5.57. The second kappa shape index (κ2) is 7.50. The van der Waals surface area contributed by atoms with Crippen molar-refractivity contribution in [1.82, 2.24) is 19.7 Å². The van der Waals surface area contributed by atoms with E-state index in [-0.39, 0.29) is 11.2 Å². The number of hydrogen-bond acceptors (Lipinski definition) is 4. The van der Waals surface area contributed by atoms with Gasteiger partial charge in [0.15, 0.2) is 5.82 Å². The first kappa shape index (κ1) is 21.7. The van der Waals surface area contributed by atoms with Crippen molar-refractivity contribution in [3.63, 3.8) is 0 Å². The molecule has 35 heavy (non-hydrogen) atoms. The van der Waals surface area contributed by atoms with Gasteiger partial charge in [0.2, 0.25) is 0 Å². The Balaban J connectivity index is 1.13. The summed E-state index contributed by atoms with van der Waals surface area (Å²) < 4.78 is 31.4. The van der Waals surface area contributed by atoms with Crippen molar-refractivity contribution in [2.24, 2.45) is 5.41 Å². The van der Waals surface area contributed by atoms with Gasteiger partial charge in [0, 0.05) is 42.5 Å². The molecule has 1 spiro atoms. The van der Waals surface area contributed by atoms with Gasteiger partial charge < -0.3 is 4.90 Å². The highest BCUT2D eigenvalue weighted by atomic mass is 35.5. The maximum absolute atomic E-state index is 14.6. The van der Waals surface area contributed by atoms with Gasteiger partial charge in [-0.15, -0.1) is 10.2 Å². The van der Waals surface area contributed by atoms with Gasteiger partial charge in [-0.05, 0) is 68.0 Å². The minimum Gasteiger partial charge on any atom is -0.368 e. The number of nitrogens with zero attached hydrogens (tertiary/aromatic N) is 5. The largest absolute Gasteiger partial charge is 0.368 e. The molecular formula is C27H28ClF2N5. The second-order valence-corrected chi connectivity index (χ2v) is 11.7. The molecule has 0 bridgehead atoms. The van der Waals surface area contributed by atoms with Crippen LogP contribution in [0.2, 0.25) is 5.02 Å². The zero-order valence-corrected chi connectivity index (χ0v) is 20.5. The average Bonchev–Trinajstić information content (AvgIpc) is 3.39. The summed E-state index contributed by atoms with van der Waals surface area (Å²) in [5, 5.41) is 9.90.